The lowest BCUT2D eigenvalue weighted by Gasteiger charge is -2.12. The average molecular weight is 509 g/mol. The third kappa shape index (κ3) is 2.82. The number of hydrogen-bond acceptors (Lipinski definition) is 0. The van der Waals surface area contributed by atoms with Crippen LogP contribution in [0.3, 0.4) is 0 Å². The van der Waals surface area contributed by atoms with Crippen molar-refractivity contribution in [2.75, 3.05) is 0 Å². The van der Waals surface area contributed by atoms with E-state index in [4.69, 9.17) is 0 Å². The molecule has 0 spiro atoms. The number of aromatic nitrogens is 2. The number of hydrogen-bond donors (Lipinski definition) is 0. The molecular weight excluding hydrogens is 484 g/mol. The Morgan fingerprint density at radius 3 is 1.12 bits per heavy atom. The summed E-state index contributed by atoms with van der Waals surface area (Å²) in [5, 5.41) is 10.2. The molecular formula is C38H24N2. The van der Waals surface area contributed by atoms with Crippen LogP contribution in [0.2, 0.25) is 0 Å². The molecule has 9 aromatic rings. The van der Waals surface area contributed by atoms with Crippen molar-refractivity contribution in [2.24, 2.45) is 0 Å². The molecule has 0 saturated heterocycles. The van der Waals surface area contributed by atoms with Gasteiger partial charge >= 0.3 is 0 Å². The summed E-state index contributed by atoms with van der Waals surface area (Å²) in [6, 6.07) is 52.9. The number of para-hydroxylation sites is 2. The van der Waals surface area contributed by atoms with Crippen molar-refractivity contribution >= 4 is 65.2 Å². The summed E-state index contributed by atoms with van der Waals surface area (Å²) in [6.45, 7) is 0. The molecule has 0 radical (unpaired) electrons. The van der Waals surface area contributed by atoms with Gasteiger partial charge in [-0.05, 0) is 47.2 Å². The zero-order valence-corrected chi connectivity index (χ0v) is 21.8. The Labute approximate surface area is 230 Å². The normalized spacial score (nSPS) is 12.0. The van der Waals surface area contributed by atoms with Crippen LogP contribution in [-0.4, -0.2) is 9.13 Å². The van der Waals surface area contributed by atoms with Gasteiger partial charge in [0.15, 0.2) is 0 Å². The summed E-state index contributed by atoms with van der Waals surface area (Å²) in [5.41, 5.74) is 7.33. The minimum absolute atomic E-state index is 1.21. The van der Waals surface area contributed by atoms with Gasteiger partial charge in [0.25, 0.3) is 0 Å². The molecule has 0 N–H and O–H groups in total. The van der Waals surface area contributed by atoms with E-state index in [1.165, 1.54) is 76.5 Å². The van der Waals surface area contributed by atoms with Gasteiger partial charge in [0.05, 0.1) is 33.4 Å². The second-order valence-electron chi connectivity index (χ2n) is 10.6. The van der Waals surface area contributed by atoms with Gasteiger partial charge in [-0.1, -0.05) is 109 Å². The molecule has 2 heterocycles. The van der Waals surface area contributed by atoms with Crippen molar-refractivity contribution in [1.82, 2.24) is 9.13 Å². The molecule has 2 heteroatoms. The van der Waals surface area contributed by atoms with Gasteiger partial charge in [0.2, 0.25) is 0 Å². The van der Waals surface area contributed by atoms with E-state index in [1.807, 2.05) is 0 Å². The Kier molecular flexibility index (Phi) is 4.36. The Morgan fingerprint density at radius 1 is 0.275 bits per heavy atom. The summed E-state index contributed by atoms with van der Waals surface area (Å²) < 4.78 is 4.91. The molecule has 2 aromatic heterocycles. The monoisotopic (exact) mass is 508 g/mol. The molecule has 7 aromatic carbocycles. The third-order valence-electron chi connectivity index (χ3n) is 8.49. The average Bonchev–Trinajstić information content (AvgIpc) is 3.53. The van der Waals surface area contributed by atoms with Crippen LogP contribution in [0.15, 0.2) is 146 Å². The van der Waals surface area contributed by atoms with E-state index < -0.39 is 0 Å². The minimum Gasteiger partial charge on any atom is -0.309 e. The van der Waals surface area contributed by atoms with E-state index >= 15 is 0 Å². The standard InChI is InChI=1S/C38H24N2/c1-3-15-27-25(11-1)13-9-21-31(27)39-33-19-7-5-17-29(33)37-35(39)23-24-36-38(37)30-18-6-8-20-34(30)40(36)32-22-10-14-26-12-2-4-16-28(26)32/h1-24H. The number of benzene rings is 7. The lowest BCUT2D eigenvalue weighted by Crippen LogP contribution is -1.96. The Hall–Kier alpha value is -5.34. The number of nitrogens with zero attached hydrogens (tertiary/aromatic N) is 2. The first-order valence-electron chi connectivity index (χ1n) is 13.8. The predicted octanol–water partition coefficient (Wildman–Crippen LogP) is 10.2. The fraction of sp³-hybridized carbons (Fsp3) is 0. The van der Waals surface area contributed by atoms with Crippen LogP contribution in [0, 0.1) is 0 Å². The molecule has 40 heavy (non-hydrogen) atoms. The van der Waals surface area contributed by atoms with E-state index in [2.05, 4.69) is 155 Å². The van der Waals surface area contributed by atoms with Gasteiger partial charge in [-0.3, -0.25) is 0 Å². The highest BCUT2D eigenvalue weighted by Gasteiger charge is 2.21. The van der Waals surface area contributed by atoms with Gasteiger partial charge in [-0.15, -0.1) is 0 Å². The summed E-state index contributed by atoms with van der Waals surface area (Å²) in [4.78, 5) is 0. The Balaban J connectivity index is 1.50. The first kappa shape index (κ1) is 21.6. The smallest absolute Gasteiger partial charge is 0.0549 e. The maximum Gasteiger partial charge on any atom is 0.0549 e. The van der Waals surface area contributed by atoms with Crippen LogP contribution < -0.4 is 0 Å². The predicted molar refractivity (Wildman–Crippen MR) is 170 cm³/mol. The summed E-state index contributed by atoms with van der Waals surface area (Å²) in [5.74, 6) is 0. The molecule has 2 nitrogen and oxygen atoms in total. The zero-order valence-electron chi connectivity index (χ0n) is 21.8. The molecule has 0 aliphatic carbocycles. The minimum atomic E-state index is 1.21. The van der Waals surface area contributed by atoms with E-state index in [1.54, 1.807) is 0 Å². The first-order valence-corrected chi connectivity index (χ1v) is 13.8. The van der Waals surface area contributed by atoms with Crippen LogP contribution in [0.1, 0.15) is 0 Å². The largest absolute Gasteiger partial charge is 0.309 e. The molecule has 0 atom stereocenters. The lowest BCUT2D eigenvalue weighted by molar-refractivity contribution is 1.19. The topological polar surface area (TPSA) is 9.86 Å². The quantitative estimate of drug-likeness (QED) is 0.220. The molecule has 0 aliphatic heterocycles. The molecule has 0 fully saturated rings. The van der Waals surface area contributed by atoms with Crippen molar-refractivity contribution in [1.29, 1.82) is 0 Å². The van der Waals surface area contributed by atoms with Gasteiger partial charge in [-0.2, -0.15) is 0 Å². The SMILES string of the molecule is c1ccc2c(-n3c4ccccc4c4c5c6ccccc6n(-c6cccc7ccccc67)c5ccc43)cccc2c1. The third-order valence-corrected chi connectivity index (χ3v) is 8.49. The van der Waals surface area contributed by atoms with Crippen molar-refractivity contribution < 1.29 is 0 Å². The first-order chi connectivity index (χ1) is 19.9. The molecule has 0 saturated carbocycles. The highest BCUT2D eigenvalue weighted by molar-refractivity contribution is 6.29. The number of rotatable bonds is 2. The van der Waals surface area contributed by atoms with Crippen LogP contribution in [0.25, 0.3) is 76.5 Å². The molecule has 0 bridgehead atoms. The lowest BCUT2D eigenvalue weighted by atomic mass is 10.1. The fourth-order valence-corrected chi connectivity index (χ4v) is 6.84. The van der Waals surface area contributed by atoms with E-state index in [9.17, 15) is 0 Å². The van der Waals surface area contributed by atoms with E-state index in [0.717, 1.165) is 0 Å². The molecule has 186 valence electrons. The van der Waals surface area contributed by atoms with Crippen molar-refractivity contribution in [3.05, 3.63) is 146 Å². The Bertz CT molecular complexity index is 2250. The molecule has 0 unspecified atom stereocenters. The Morgan fingerprint density at radius 2 is 0.650 bits per heavy atom. The number of fused-ring (bicyclic) bond motifs is 9. The molecule has 9 rings (SSSR count). The van der Waals surface area contributed by atoms with Crippen molar-refractivity contribution in [3.63, 3.8) is 0 Å². The molecule has 0 amide bonds. The van der Waals surface area contributed by atoms with Gasteiger partial charge in [-0.25, -0.2) is 0 Å². The van der Waals surface area contributed by atoms with Crippen molar-refractivity contribution in [2.45, 2.75) is 0 Å². The highest BCUT2D eigenvalue weighted by atomic mass is 15.0. The second kappa shape index (κ2) is 8.08. The van der Waals surface area contributed by atoms with Crippen LogP contribution in [0.4, 0.5) is 0 Å². The summed E-state index contributed by atoms with van der Waals surface area (Å²) in [7, 11) is 0. The zero-order chi connectivity index (χ0) is 26.2. The van der Waals surface area contributed by atoms with Gasteiger partial charge < -0.3 is 9.13 Å². The summed E-state index contributed by atoms with van der Waals surface area (Å²) in [6.07, 6.45) is 0. The maximum atomic E-state index is 2.45. The molecule has 0 aliphatic rings. The van der Waals surface area contributed by atoms with Gasteiger partial charge in [0.1, 0.15) is 0 Å². The van der Waals surface area contributed by atoms with Crippen molar-refractivity contribution in [3.8, 4) is 11.4 Å². The van der Waals surface area contributed by atoms with Crippen LogP contribution in [-0.2, 0) is 0 Å². The van der Waals surface area contributed by atoms with Crippen LogP contribution in [0.5, 0.6) is 0 Å². The van der Waals surface area contributed by atoms with E-state index in [0.29, 0.717) is 0 Å². The maximum absolute atomic E-state index is 2.45. The summed E-state index contributed by atoms with van der Waals surface area (Å²) >= 11 is 0. The second-order valence-corrected chi connectivity index (χ2v) is 10.6. The fourth-order valence-electron chi connectivity index (χ4n) is 6.84. The van der Waals surface area contributed by atoms with Crippen LogP contribution >= 0.6 is 0 Å². The van der Waals surface area contributed by atoms with E-state index in [-0.39, 0.29) is 0 Å². The highest BCUT2D eigenvalue weighted by Crippen LogP contribution is 2.43. The van der Waals surface area contributed by atoms with Gasteiger partial charge in [0, 0.05) is 32.3 Å².